The third-order valence-electron chi connectivity index (χ3n) is 1.58. The number of aromatic carboxylic acids is 1. The molecule has 0 aromatic heterocycles. The molecule has 0 saturated heterocycles. The molecular weight excluding hydrogens is 172 g/mol. The van der Waals surface area contributed by atoms with Crippen LogP contribution in [0.4, 0.5) is 0 Å². The second-order valence-corrected chi connectivity index (χ2v) is 2.27. The molecule has 0 aliphatic rings. The third kappa shape index (κ3) is 1.72. The van der Waals surface area contributed by atoms with Crippen molar-refractivity contribution >= 4 is 5.97 Å². The Morgan fingerprint density at radius 1 is 1.38 bits per heavy atom. The van der Waals surface area contributed by atoms with E-state index >= 15 is 0 Å². The lowest BCUT2D eigenvalue weighted by atomic mass is 10.2. The molecule has 0 heterocycles. The van der Waals surface area contributed by atoms with Gasteiger partial charge in [0.2, 0.25) is 0 Å². The lowest BCUT2D eigenvalue weighted by Crippen LogP contribution is -2.03. The first kappa shape index (κ1) is 7.91. The van der Waals surface area contributed by atoms with Crippen LogP contribution in [0.2, 0.25) is 0 Å². The van der Waals surface area contributed by atoms with E-state index in [1.165, 1.54) is 26.4 Å². The normalized spacial score (nSPS) is 10.5. The molecule has 0 aliphatic heterocycles. The standard InChI is InChI=1S/C9H10O4/c1-12-6-4-3-5-7(13-2)8(6)9(10)11/h3-5H,1-2H3,(H,10,11)/i3D. The van der Waals surface area contributed by atoms with Gasteiger partial charge in [-0.1, -0.05) is 6.04 Å². The lowest BCUT2D eigenvalue weighted by Gasteiger charge is -2.08. The van der Waals surface area contributed by atoms with Crippen LogP contribution in [-0.2, 0) is 0 Å². The van der Waals surface area contributed by atoms with Crippen molar-refractivity contribution in [3.05, 3.63) is 23.7 Å². The SMILES string of the molecule is [2H]c1cc(OC)c(C(=O)O)c(OC)c1. The highest BCUT2D eigenvalue weighted by atomic mass is 16.5. The minimum atomic E-state index is -1.14. The van der Waals surface area contributed by atoms with Crippen molar-refractivity contribution < 1.29 is 20.7 Å². The fourth-order valence-electron chi connectivity index (χ4n) is 0.992. The number of rotatable bonds is 3. The lowest BCUT2D eigenvalue weighted by molar-refractivity contribution is 0.0689. The van der Waals surface area contributed by atoms with Gasteiger partial charge in [0.05, 0.1) is 15.6 Å². The average Bonchev–Trinajstić information content (AvgIpc) is 2.15. The Morgan fingerprint density at radius 3 is 2.15 bits per heavy atom. The zero-order chi connectivity index (χ0) is 10.7. The van der Waals surface area contributed by atoms with Crippen molar-refractivity contribution in [1.29, 1.82) is 0 Å². The highest BCUT2D eigenvalue weighted by Gasteiger charge is 2.16. The van der Waals surface area contributed by atoms with Crippen molar-refractivity contribution in [1.82, 2.24) is 0 Å². The second-order valence-electron chi connectivity index (χ2n) is 2.27. The van der Waals surface area contributed by atoms with Gasteiger partial charge in [-0.15, -0.1) is 0 Å². The van der Waals surface area contributed by atoms with Gasteiger partial charge < -0.3 is 14.6 Å². The summed E-state index contributed by atoms with van der Waals surface area (Å²) in [4.78, 5) is 10.9. The molecule has 0 atom stereocenters. The summed E-state index contributed by atoms with van der Waals surface area (Å²) in [6, 6.07) is 2.79. The van der Waals surface area contributed by atoms with Crippen LogP contribution in [0.3, 0.4) is 0 Å². The molecular formula is C9H10O4. The summed E-state index contributed by atoms with van der Waals surface area (Å²) in [6.45, 7) is 0. The predicted octanol–water partition coefficient (Wildman–Crippen LogP) is 1.40. The molecule has 0 unspecified atom stereocenters. The molecule has 0 bridgehead atoms. The van der Waals surface area contributed by atoms with Crippen LogP contribution < -0.4 is 9.47 Å². The molecule has 1 aromatic carbocycles. The molecule has 4 nitrogen and oxygen atoms in total. The van der Waals surface area contributed by atoms with Crippen LogP contribution in [-0.4, -0.2) is 25.3 Å². The third-order valence-corrected chi connectivity index (χ3v) is 1.58. The zero-order valence-corrected chi connectivity index (χ0v) is 7.33. The van der Waals surface area contributed by atoms with Gasteiger partial charge in [-0.2, -0.15) is 0 Å². The van der Waals surface area contributed by atoms with E-state index in [4.69, 9.17) is 16.0 Å². The zero-order valence-electron chi connectivity index (χ0n) is 8.33. The molecule has 0 radical (unpaired) electrons. The van der Waals surface area contributed by atoms with Crippen molar-refractivity contribution in [3.8, 4) is 11.5 Å². The first-order chi connectivity index (χ1) is 6.60. The Labute approximate surface area is 77.1 Å². The Bertz CT molecular complexity index is 337. The summed E-state index contributed by atoms with van der Waals surface area (Å²) in [7, 11) is 2.70. The highest BCUT2D eigenvalue weighted by molar-refractivity contribution is 5.94. The van der Waals surface area contributed by atoms with E-state index in [9.17, 15) is 4.79 Å². The van der Waals surface area contributed by atoms with E-state index in [1.807, 2.05) is 0 Å². The van der Waals surface area contributed by atoms with E-state index in [1.54, 1.807) is 0 Å². The highest BCUT2D eigenvalue weighted by Crippen LogP contribution is 2.27. The largest absolute Gasteiger partial charge is 0.496 e. The first-order valence-corrected chi connectivity index (χ1v) is 3.56. The Kier molecular flexibility index (Phi) is 2.31. The molecule has 0 saturated carbocycles. The molecule has 1 N–H and O–H groups in total. The smallest absolute Gasteiger partial charge is 0.343 e. The van der Waals surface area contributed by atoms with Crippen molar-refractivity contribution in [3.63, 3.8) is 0 Å². The fraction of sp³-hybridized carbons (Fsp3) is 0.222. The maximum Gasteiger partial charge on any atom is 0.343 e. The molecule has 0 fully saturated rings. The fourth-order valence-corrected chi connectivity index (χ4v) is 0.992. The van der Waals surface area contributed by atoms with E-state index in [-0.39, 0.29) is 23.1 Å². The summed E-state index contributed by atoms with van der Waals surface area (Å²) in [5.41, 5.74) is -0.0639. The van der Waals surface area contributed by atoms with Gasteiger partial charge in [0.1, 0.15) is 17.1 Å². The van der Waals surface area contributed by atoms with Gasteiger partial charge in [-0.05, 0) is 12.1 Å². The van der Waals surface area contributed by atoms with Crippen LogP contribution in [0, 0.1) is 0 Å². The molecule has 0 spiro atoms. The molecule has 4 heteroatoms. The number of carboxylic acids is 1. The van der Waals surface area contributed by atoms with Crippen molar-refractivity contribution in [2.45, 2.75) is 0 Å². The number of benzene rings is 1. The Balaban J connectivity index is 3.40. The van der Waals surface area contributed by atoms with Gasteiger partial charge in [0.25, 0.3) is 0 Å². The number of hydrogen-bond acceptors (Lipinski definition) is 3. The molecule has 0 amide bonds. The molecule has 13 heavy (non-hydrogen) atoms. The van der Waals surface area contributed by atoms with Gasteiger partial charge >= 0.3 is 5.97 Å². The molecule has 1 aromatic rings. The van der Waals surface area contributed by atoms with Crippen LogP contribution in [0.25, 0.3) is 0 Å². The summed E-state index contributed by atoms with van der Waals surface area (Å²) in [5, 5.41) is 8.88. The van der Waals surface area contributed by atoms with Crippen LogP contribution in [0.1, 0.15) is 11.7 Å². The van der Waals surface area contributed by atoms with E-state index in [0.717, 1.165) is 0 Å². The number of methoxy groups -OCH3 is 2. The van der Waals surface area contributed by atoms with Crippen molar-refractivity contribution in [2.75, 3.05) is 14.2 Å². The summed E-state index contributed by atoms with van der Waals surface area (Å²) >= 11 is 0. The van der Waals surface area contributed by atoms with Gasteiger partial charge in [0.15, 0.2) is 0 Å². The van der Waals surface area contributed by atoms with E-state index in [2.05, 4.69) is 0 Å². The Morgan fingerprint density at radius 2 is 1.85 bits per heavy atom. The number of carboxylic acid groups (broad SMARTS) is 1. The Hall–Kier alpha value is -1.71. The number of ether oxygens (including phenoxy) is 2. The topological polar surface area (TPSA) is 55.8 Å². The molecule has 70 valence electrons. The monoisotopic (exact) mass is 183 g/mol. The molecule has 1 rings (SSSR count). The van der Waals surface area contributed by atoms with Gasteiger partial charge in [-0.25, -0.2) is 4.79 Å². The summed E-state index contributed by atoms with van der Waals surface area (Å²) in [6.07, 6.45) is 0. The number of hydrogen-bond donors (Lipinski definition) is 1. The maximum absolute atomic E-state index is 10.9. The number of carbonyl (C=O) groups is 1. The predicted molar refractivity (Wildman–Crippen MR) is 46.5 cm³/mol. The minimum absolute atomic E-state index is 0.0639. The van der Waals surface area contributed by atoms with Gasteiger partial charge in [-0.3, -0.25) is 0 Å². The second kappa shape index (κ2) is 3.80. The molecule has 0 aliphatic carbocycles. The van der Waals surface area contributed by atoms with Crippen LogP contribution in [0.15, 0.2) is 18.2 Å². The average molecular weight is 183 g/mol. The van der Waals surface area contributed by atoms with E-state index < -0.39 is 5.97 Å². The van der Waals surface area contributed by atoms with Crippen LogP contribution in [0.5, 0.6) is 11.5 Å². The quantitative estimate of drug-likeness (QED) is 0.769. The summed E-state index contributed by atoms with van der Waals surface area (Å²) < 4.78 is 17.1. The van der Waals surface area contributed by atoms with Gasteiger partial charge in [0, 0.05) is 0 Å². The summed E-state index contributed by atoms with van der Waals surface area (Å²) in [5.74, 6) is -0.887. The minimum Gasteiger partial charge on any atom is -0.496 e. The van der Waals surface area contributed by atoms with Crippen LogP contribution >= 0.6 is 0 Å². The van der Waals surface area contributed by atoms with E-state index in [0.29, 0.717) is 0 Å². The first-order valence-electron chi connectivity index (χ1n) is 4.06. The maximum atomic E-state index is 10.9. The van der Waals surface area contributed by atoms with Crippen molar-refractivity contribution in [2.24, 2.45) is 0 Å².